The van der Waals surface area contributed by atoms with Gasteiger partial charge in [-0.3, -0.25) is 9.69 Å². The van der Waals surface area contributed by atoms with Crippen LogP contribution in [0.5, 0.6) is 0 Å². The Hall–Kier alpha value is -3.54. The molecule has 1 saturated heterocycles. The molecular formula is C22H21N3O3. The van der Waals surface area contributed by atoms with Crippen molar-refractivity contribution in [2.75, 3.05) is 18.0 Å². The first-order valence-electron chi connectivity index (χ1n) is 9.22. The number of carbonyl (C=O) groups excluding carboxylic acids is 2. The van der Waals surface area contributed by atoms with Crippen LogP contribution in [0.2, 0.25) is 0 Å². The molecule has 0 bridgehead atoms. The smallest absolute Gasteiger partial charge is 0.321 e. The molecule has 1 fully saturated rings. The monoisotopic (exact) mass is 375 g/mol. The third kappa shape index (κ3) is 3.91. The SMILES string of the molecule is O=C(c1ccc(N2CCNC2=O)cc1)N(Cc1ccccc1)Cc1ccco1. The summed E-state index contributed by atoms with van der Waals surface area (Å²) >= 11 is 0. The van der Waals surface area contributed by atoms with E-state index in [2.05, 4.69) is 5.32 Å². The molecule has 28 heavy (non-hydrogen) atoms. The van der Waals surface area contributed by atoms with Crippen LogP contribution < -0.4 is 10.2 Å². The molecule has 0 saturated carbocycles. The Kier molecular flexibility index (Phi) is 5.10. The van der Waals surface area contributed by atoms with E-state index in [9.17, 15) is 9.59 Å². The zero-order valence-electron chi connectivity index (χ0n) is 15.4. The molecule has 0 spiro atoms. The van der Waals surface area contributed by atoms with E-state index >= 15 is 0 Å². The molecule has 3 amide bonds. The molecule has 6 heteroatoms. The number of benzene rings is 2. The van der Waals surface area contributed by atoms with Crippen LogP contribution in [0.1, 0.15) is 21.7 Å². The van der Waals surface area contributed by atoms with Gasteiger partial charge in [-0.15, -0.1) is 0 Å². The number of nitrogens with zero attached hydrogens (tertiary/aromatic N) is 2. The predicted octanol–water partition coefficient (Wildman–Crippen LogP) is 3.65. The Morgan fingerprint density at radius 1 is 1.00 bits per heavy atom. The summed E-state index contributed by atoms with van der Waals surface area (Å²) in [5.74, 6) is 0.646. The average molecular weight is 375 g/mol. The fourth-order valence-corrected chi connectivity index (χ4v) is 3.28. The van der Waals surface area contributed by atoms with Crippen LogP contribution in [-0.2, 0) is 13.1 Å². The zero-order valence-corrected chi connectivity index (χ0v) is 15.4. The molecule has 2 aromatic carbocycles. The number of rotatable bonds is 6. The van der Waals surface area contributed by atoms with Crippen molar-refractivity contribution in [1.82, 2.24) is 10.2 Å². The van der Waals surface area contributed by atoms with Gasteiger partial charge < -0.3 is 14.6 Å². The van der Waals surface area contributed by atoms with Gasteiger partial charge in [0.25, 0.3) is 5.91 Å². The van der Waals surface area contributed by atoms with Crippen molar-refractivity contribution in [3.63, 3.8) is 0 Å². The number of carbonyl (C=O) groups is 2. The number of nitrogens with one attached hydrogen (secondary N) is 1. The predicted molar refractivity (Wildman–Crippen MR) is 106 cm³/mol. The fourth-order valence-electron chi connectivity index (χ4n) is 3.28. The molecule has 1 aliphatic rings. The molecule has 4 rings (SSSR count). The third-order valence-corrected chi connectivity index (χ3v) is 4.71. The first-order chi connectivity index (χ1) is 13.7. The number of hydrogen-bond acceptors (Lipinski definition) is 3. The number of anilines is 1. The highest BCUT2D eigenvalue weighted by atomic mass is 16.3. The van der Waals surface area contributed by atoms with E-state index in [1.165, 1.54) is 0 Å². The van der Waals surface area contributed by atoms with Gasteiger partial charge in [0.15, 0.2) is 0 Å². The standard InChI is InChI=1S/C22H21N3O3/c26-21(18-8-10-19(11-9-18)25-13-12-23-22(25)27)24(16-20-7-4-14-28-20)15-17-5-2-1-3-6-17/h1-11,14H,12-13,15-16H2,(H,23,27). The van der Waals surface area contributed by atoms with Crippen molar-refractivity contribution in [2.45, 2.75) is 13.1 Å². The lowest BCUT2D eigenvalue weighted by Gasteiger charge is -2.22. The highest BCUT2D eigenvalue weighted by Gasteiger charge is 2.22. The van der Waals surface area contributed by atoms with Gasteiger partial charge in [0.05, 0.1) is 12.8 Å². The second-order valence-corrected chi connectivity index (χ2v) is 6.66. The van der Waals surface area contributed by atoms with Crippen LogP contribution in [0.25, 0.3) is 0 Å². The van der Waals surface area contributed by atoms with Crippen LogP contribution in [0.15, 0.2) is 77.4 Å². The van der Waals surface area contributed by atoms with E-state index in [-0.39, 0.29) is 11.9 Å². The topological polar surface area (TPSA) is 65.8 Å². The van der Waals surface area contributed by atoms with E-state index in [1.54, 1.807) is 28.2 Å². The van der Waals surface area contributed by atoms with Crippen molar-refractivity contribution in [3.8, 4) is 0 Å². The van der Waals surface area contributed by atoms with Crippen molar-refractivity contribution in [2.24, 2.45) is 0 Å². The summed E-state index contributed by atoms with van der Waals surface area (Å²) in [6.45, 7) is 2.13. The maximum atomic E-state index is 13.2. The minimum Gasteiger partial charge on any atom is -0.467 e. The van der Waals surface area contributed by atoms with Crippen molar-refractivity contribution in [1.29, 1.82) is 0 Å². The molecule has 142 valence electrons. The Morgan fingerprint density at radius 2 is 1.79 bits per heavy atom. The summed E-state index contributed by atoms with van der Waals surface area (Å²) < 4.78 is 5.44. The molecule has 0 unspecified atom stereocenters. The Balaban J connectivity index is 1.54. The summed E-state index contributed by atoms with van der Waals surface area (Å²) in [5, 5.41) is 2.78. The van der Waals surface area contributed by atoms with Gasteiger partial charge in [-0.1, -0.05) is 30.3 Å². The van der Waals surface area contributed by atoms with E-state index < -0.39 is 0 Å². The first kappa shape index (κ1) is 17.9. The van der Waals surface area contributed by atoms with Crippen LogP contribution in [-0.4, -0.2) is 29.9 Å². The summed E-state index contributed by atoms with van der Waals surface area (Å²) in [4.78, 5) is 28.4. The van der Waals surface area contributed by atoms with Gasteiger partial charge in [0.1, 0.15) is 5.76 Å². The number of furan rings is 1. The lowest BCUT2D eigenvalue weighted by Crippen LogP contribution is -2.30. The van der Waals surface area contributed by atoms with Crippen molar-refractivity contribution in [3.05, 3.63) is 89.9 Å². The summed E-state index contributed by atoms with van der Waals surface area (Å²) in [6, 6.07) is 20.6. The molecule has 1 N–H and O–H groups in total. The van der Waals surface area contributed by atoms with E-state index in [4.69, 9.17) is 4.42 Å². The molecular weight excluding hydrogens is 354 g/mol. The van der Waals surface area contributed by atoms with Gasteiger partial charge in [-0.2, -0.15) is 0 Å². The minimum atomic E-state index is -0.109. The maximum absolute atomic E-state index is 13.2. The molecule has 1 aliphatic heterocycles. The van der Waals surface area contributed by atoms with Gasteiger partial charge in [-0.25, -0.2) is 4.79 Å². The van der Waals surface area contributed by atoms with Crippen molar-refractivity contribution >= 4 is 17.6 Å². The van der Waals surface area contributed by atoms with Gasteiger partial charge in [0, 0.05) is 30.9 Å². The van der Waals surface area contributed by atoms with Crippen LogP contribution >= 0.6 is 0 Å². The van der Waals surface area contributed by atoms with Crippen LogP contribution in [0.4, 0.5) is 10.5 Å². The molecule has 1 aromatic heterocycles. The third-order valence-electron chi connectivity index (χ3n) is 4.71. The lowest BCUT2D eigenvalue weighted by atomic mass is 10.1. The average Bonchev–Trinajstić information content (AvgIpc) is 3.39. The van der Waals surface area contributed by atoms with E-state index in [0.29, 0.717) is 31.7 Å². The molecule has 3 aromatic rings. The molecule has 0 aliphatic carbocycles. The quantitative estimate of drug-likeness (QED) is 0.715. The Labute approximate surface area is 163 Å². The lowest BCUT2D eigenvalue weighted by molar-refractivity contribution is 0.0717. The maximum Gasteiger partial charge on any atom is 0.321 e. The van der Waals surface area contributed by atoms with Crippen molar-refractivity contribution < 1.29 is 14.0 Å². The summed E-state index contributed by atoms with van der Waals surface area (Å²) in [5.41, 5.74) is 2.41. The molecule has 0 atom stereocenters. The zero-order chi connectivity index (χ0) is 19.3. The Morgan fingerprint density at radius 3 is 2.43 bits per heavy atom. The van der Waals surface area contributed by atoms with Crippen LogP contribution in [0.3, 0.4) is 0 Å². The Bertz CT molecular complexity index is 937. The number of amides is 3. The molecule has 6 nitrogen and oxygen atoms in total. The summed E-state index contributed by atoms with van der Waals surface area (Å²) in [6.07, 6.45) is 1.61. The van der Waals surface area contributed by atoms with Gasteiger partial charge in [-0.05, 0) is 42.0 Å². The van der Waals surface area contributed by atoms with E-state index in [1.807, 2.05) is 54.6 Å². The molecule has 2 heterocycles. The first-order valence-corrected chi connectivity index (χ1v) is 9.22. The normalized spacial score (nSPS) is 13.4. The highest BCUT2D eigenvalue weighted by Crippen LogP contribution is 2.20. The number of urea groups is 1. The van der Waals surface area contributed by atoms with Crippen LogP contribution in [0, 0.1) is 0 Å². The fraction of sp³-hybridized carbons (Fsp3) is 0.182. The highest BCUT2D eigenvalue weighted by molar-refractivity contribution is 5.97. The number of hydrogen-bond donors (Lipinski definition) is 1. The van der Waals surface area contributed by atoms with Gasteiger partial charge in [0.2, 0.25) is 0 Å². The van der Waals surface area contributed by atoms with E-state index in [0.717, 1.165) is 17.0 Å². The summed E-state index contributed by atoms with van der Waals surface area (Å²) in [7, 11) is 0. The molecule has 0 radical (unpaired) electrons. The second-order valence-electron chi connectivity index (χ2n) is 6.66. The second kappa shape index (κ2) is 8.00. The minimum absolute atomic E-state index is 0.0855. The van der Waals surface area contributed by atoms with Gasteiger partial charge >= 0.3 is 6.03 Å². The largest absolute Gasteiger partial charge is 0.467 e.